The van der Waals surface area contributed by atoms with Gasteiger partial charge >= 0.3 is 0 Å². The summed E-state index contributed by atoms with van der Waals surface area (Å²) >= 11 is 1.69. The number of carbonyl (C=O) groups is 1. The third-order valence-electron chi connectivity index (χ3n) is 6.51. The van der Waals surface area contributed by atoms with Gasteiger partial charge in [-0.15, -0.1) is 11.8 Å². The molecule has 2 bridgehead atoms. The normalized spacial score (nSPS) is 21.9. The van der Waals surface area contributed by atoms with Crippen molar-refractivity contribution < 1.29 is 4.79 Å². The third kappa shape index (κ3) is 4.52. The Kier molecular flexibility index (Phi) is 6.14. The van der Waals surface area contributed by atoms with Crippen LogP contribution in [0.5, 0.6) is 0 Å². The van der Waals surface area contributed by atoms with Gasteiger partial charge in [0.1, 0.15) is 0 Å². The standard InChI is InChI=1S/C26H27N3O2S/c30-25-11-10-21(26(31)27-22-17-28-14-12-20(22)13-15-28)16-29(25)23-8-4-5-9-24(23)32-18-19-6-2-1-3-7-19/h1-11,16,20,22H,12-15,17-18H2,(H,27,31). The highest BCUT2D eigenvalue weighted by molar-refractivity contribution is 7.98. The Hall–Kier alpha value is -2.83. The van der Waals surface area contributed by atoms with Crippen LogP contribution in [0, 0.1) is 5.92 Å². The summed E-state index contributed by atoms with van der Waals surface area (Å²) in [5.41, 5.74) is 2.40. The van der Waals surface area contributed by atoms with Crippen molar-refractivity contribution in [3.8, 4) is 5.69 Å². The van der Waals surface area contributed by atoms with E-state index in [-0.39, 0.29) is 17.5 Å². The van der Waals surface area contributed by atoms with Gasteiger partial charge in [0.25, 0.3) is 11.5 Å². The number of fused-ring (bicyclic) bond motifs is 3. The molecular formula is C26H27N3O2S. The first kappa shape index (κ1) is 21.0. The first-order valence-electron chi connectivity index (χ1n) is 11.2. The number of hydrogen-bond acceptors (Lipinski definition) is 4. The zero-order valence-corrected chi connectivity index (χ0v) is 18.8. The molecule has 3 aliphatic rings. The van der Waals surface area contributed by atoms with Gasteiger partial charge in [-0.25, -0.2) is 0 Å². The fourth-order valence-electron chi connectivity index (χ4n) is 4.70. The Morgan fingerprint density at radius 3 is 2.47 bits per heavy atom. The molecular weight excluding hydrogens is 418 g/mol. The van der Waals surface area contributed by atoms with Gasteiger partial charge in [0.05, 0.1) is 11.3 Å². The monoisotopic (exact) mass is 445 g/mol. The largest absolute Gasteiger partial charge is 0.348 e. The first-order chi connectivity index (χ1) is 15.7. The Balaban J connectivity index is 1.37. The number of pyridine rings is 1. The van der Waals surface area contributed by atoms with Crippen molar-refractivity contribution in [3.05, 3.63) is 94.4 Å². The van der Waals surface area contributed by atoms with Crippen LogP contribution in [0.3, 0.4) is 0 Å². The van der Waals surface area contributed by atoms with E-state index in [4.69, 9.17) is 0 Å². The number of thioether (sulfide) groups is 1. The molecule has 32 heavy (non-hydrogen) atoms. The van der Waals surface area contributed by atoms with Crippen LogP contribution in [-0.4, -0.2) is 41.1 Å². The van der Waals surface area contributed by atoms with Crippen molar-refractivity contribution in [1.82, 2.24) is 14.8 Å². The minimum absolute atomic E-state index is 0.105. The Morgan fingerprint density at radius 2 is 1.72 bits per heavy atom. The van der Waals surface area contributed by atoms with Gasteiger partial charge in [-0.3, -0.25) is 14.2 Å². The maximum absolute atomic E-state index is 13.0. The average Bonchev–Trinajstić information content (AvgIpc) is 2.85. The molecule has 4 heterocycles. The van der Waals surface area contributed by atoms with E-state index in [1.54, 1.807) is 28.6 Å². The van der Waals surface area contributed by atoms with E-state index >= 15 is 0 Å². The summed E-state index contributed by atoms with van der Waals surface area (Å²) in [6, 6.07) is 21.4. The van der Waals surface area contributed by atoms with Crippen LogP contribution in [0.15, 0.2) is 82.6 Å². The molecule has 3 fully saturated rings. The zero-order valence-electron chi connectivity index (χ0n) is 17.9. The lowest BCUT2D eigenvalue weighted by molar-refractivity contribution is 0.0620. The smallest absolute Gasteiger partial charge is 0.255 e. The molecule has 0 saturated carbocycles. The summed E-state index contributed by atoms with van der Waals surface area (Å²) in [7, 11) is 0. The van der Waals surface area contributed by atoms with Gasteiger partial charge in [-0.2, -0.15) is 0 Å². The molecule has 1 atom stereocenters. The zero-order chi connectivity index (χ0) is 21.9. The van der Waals surface area contributed by atoms with Crippen LogP contribution in [0.1, 0.15) is 28.8 Å². The fraction of sp³-hybridized carbons (Fsp3) is 0.308. The maximum atomic E-state index is 13.0. The number of carbonyl (C=O) groups excluding carboxylic acids is 1. The first-order valence-corrected chi connectivity index (χ1v) is 12.2. The maximum Gasteiger partial charge on any atom is 0.255 e. The van der Waals surface area contributed by atoms with E-state index in [9.17, 15) is 9.59 Å². The van der Waals surface area contributed by atoms with Crippen molar-refractivity contribution in [2.45, 2.75) is 29.5 Å². The second-order valence-electron chi connectivity index (χ2n) is 8.59. The van der Waals surface area contributed by atoms with Crippen LogP contribution in [-0.2, 0) is 5.75 Å². The summed E-state index contributed by atoms with van der Waals surface area (Å²) in [6.07, 6.45) is 3.98. The second-order valence-corrected chi connectivity index (χ2v) is 9.60. The van der Waals surface area contributed by atoms with Gasteiger partial charge in [0.2, 0.25) is 0 Å². The van der Waals surface area contributed by atoms with Crippen LogP contribution >= 0.6 is 11.8 Å². The molecule has 1 unspecified atom stereocenters. The van der Waals surface area contributed by atoms with E-state index in [1.807, 2.05) is 42.5 Å². The summed E-state index contributed by atoms with van der Waals surface area (Å²) in [5.74, 6) is 1.27. The van der Waals surface area contributed by atoms with Crippen molar-refractivity contribution in [1.29, 1.82) is 0 Å². The van der Waals surface area contributed by atoms with Gasteiger partial charge in [-0.05, 0) is 55.6 Å². The molecule has 3 saturated heterocycles. The highest BCUT2D eigenvalue weighted by Crippen LogP contribution is 2.29. The molecule has 5 nitrogen and oxygen atoms in total. The van der Waals surface area contributed by atoms with Gasteiger partial charge in [-0.1, -0.05) is 42.5 Å². The number of nitrogens with one attached hydrogen (secondary N) is 1. The van der Waals surface area contributed by atoms with Crippen LogP contribution in [0.2, 0.25) is 0 Å². The highest BCUT2D eigenvalue weighted by atomic mass is 32.2. The molecule has 1 aromatic heterocycles. The van der Waals surface area contributed by atoms with Gasteiger partial charge in [0, 0.05) is 35.5 Å². The van der Waals surface area contributed by atoms with Crippen molar-refractivity contribution in [3.63, 3.8) is 0 Å². The molecule has 3 aliphatic heterocycles. The number of hydrogen-bond donors (Lipinski definition) is 1. The van der Waals surface area contributed by atoms with E-state index < -0.39 is 0 Å². The number of nitrogens with zero attached hydrogens (tertiary/aromatic N) is 2. The third-order valence-corrected chi connectivity index (χ3v) is 7.64. The topological polar surface area (TPSA) is 54.3 Å². The van der Waals surface area contributed by atoms with Gasteiger partial charge in [0.15, 0.2) is 0 Å². The lowest BCUT2D eigenvalue weighted by Gasteiger charge is -2.44. The molecule has 2 aromatic carbocycles. The predicted molar refractivity (Wildman–Crippen MR) is 128 cm³/mol. The minimum Gasteiger partial charge on any atom is -0.348 e. The van der Waals surface area contributed by atoms with Crippen LogP contribution < -0.4 is 10.9 Å². The Labute approximate surface area is 192 Å². The molecule has 0 radical (unpaired) electrons. The minimum atomic E-state index is -0.142. The predicted octanol–water partition coefficient (Wildman–Crippen LogP) is 3.95. The lowest BCUT2D eigenvalue weighted by Crippen LogP contribution is -2.57. The lowest BCUT2D eigenvalue weighted by atomic mass is 9.84. The number of amides is 1. The van der Waals surface area contributed by atoms with Crippen molar-refractivity contribution in [2.75, 3.05) is 19.6 Å². The molecule has 0 aliphatic carbocycles. The summed E-state index contributed by atoms with van der Waals surface area (Å²) < 4.78 is 1.60. The molecule has 3 aromatic rings. The number of benzene rings is 2. The van der Waals surface area contributed by atoms with E-state index in [0.717, 1.165) is 48.8 Å². The van der Waals surface area contributed by atoms with E-state index in [2.05, 4.69) is 22.3 Å². The van der Waals surface area contributed by atoms with Crippen LogP contribution in [0.25, 0.3) is 5.69 Å². The fourth-order valence-corrected chi connectivity index (χ4v) is 5.71. The Bertz CT molecular complexity index is 1150. The molecule has 1 N–H and O–H groups in total. The highest BCUT2D eigenvalue weighted by Gasteiger charge is 2.35. The second kappa shape index (κ2) is 9.35. The van der Waals surface area contributed by atoms with Crippen LogP contribution in [0.4, 0.5) is 0 Å². The number of rotatable bonds is 6. The molecule has 6 rings (SSSR count). The van der Waals surface area contributed by atoms with E-state index in [0.29, 0.717) is 11.5 Å². The molecule has 1 amide bonds. The number of piperidine rings is 3. The summed E-state index contributed by atoms with van der Waals surface area (Å²) in [6.45, 7) is 3.20. The summed E-state index contributed by atoms with van der Waals surface area (Å²) in [5, 5.41) is 3.22. The van der Waals surface area contributed by atoms with E-state index in [1.165, 1.54) is 11.6 Å². The Morgan fingerprint density at radius 1 is 0.969 bits per heavy atom. The quantitative estimate of drug-likeness (QED) is 0.584. The SMILES string of the molecule is O=C(NC1CN2CCC1CC2)c1ccc(=O)n(-c2ccccc2SCc2ccccc2)c1. The molecule has 164 valence electrons. The average molecular weight is 446 g/mol. The number of aromatic nitrogens is 1. The molecule has 6 heteroatoms. The van der Waals surface area contributed by atoms with Crippen molar-refractivity contribution in [2.24, 2.45) is 5.92 Å². The number of para-hydroxylation sites is 1. The summed E-state index contributed by atoms with van der Waals surface area (Å²) in [4.78, 5) is 29.2. The van der Waals surface area contributed by atoms with Gasteiger partial charge < -0.3 is 10.2 Å². The van der Waals surface area contributed by atoms with Crippen molar-refractivity contribution >= 4 is 17.7 Å². The molecule has 0 spiro atoms.